The molecule has 10 heteroatoms. The summed E-state index contributed by atoms with van der Waals surface area (Å²) in [5, 5.41) is 0. The van der Waals surface area contributed by atoms with Gasteiger partial charge in [-0.25, -0.2) is 4.57 Å². The zero-order chi connectivity index (χ0) is 27.0. The monoisotopic (exact) mass is 542 g/mol. The van der Waals surface area contributed by atoms with Crippen molar-refractivity contribution in [3.8, 4) is 11.5 Å². The van der Waals surface area contributed by atoms with Crippen molar-refractivity contribution in [1.29, 1.82) is 0 Å². The zero-order valence-electron chi connectivity index (χ0n) is 21.5. The first-order valence-electron chi connectivity index (χ1n) is 11.9. The second-order valence-electron chi connectivity index (χ2n) is 9.86. The van der Waals surface area contributed by atoms with Crippen LogP contribution >= 0.6 is 16.9 Å². The molecule has 1 unspecified atom stereocenters. The molecule has 0 aromatic heterocycles. The summed E-state index contributed by atoms with van der Waals surface area (Å²) >= 11 is 0. The van der Waals surface area contributed by atoms with Crippen molar-refractivity contribution in [2.24, 2.45) is 4.99 Å². The number of benzene rings is 2. The Labute approximate surface area is 219 Å². The average molecular weight is 543 g/mol. The second-order valence-corrected chi connectivity index (χ2v) is 11.3. The smallest absolute Gasteiger partial charge is 0.391 e. The third kappa shape index (κ3) is 5.45. The molecule has 3 N–H and O–H groups in total. The number of fused-ring (bicyclic) bond motifs is 2. The predicted molar refractivity (Wildman–Crippen MR) is 149 cm³/mol. The molecule has 2 aromatic rings. The van der Waals surface area contributed by atoms with Gasteiger partial charge in [-0.3, -0.25) is 4.99 Å². The molecular weight excluding hydrogens is 510 g/mol. The predicted octanol–water partition coefficient (Wildman–Crippen LogP) is 6.22. The molecule has 0 saturated carbocycles. The van der Waals surface area contributed by atoms with Crippen molar-refractivity contribution < 1.29 is 28.3 Å². The molecule has 0 bridgehead atoms. The van der Waals surface area contributed by atoms with Crippen molar-refractivity contribution in [3.05, 3.63) is 83.6 Å². The fraction of sp³-hybridized carbons (Fsp3) is 0.296. The van der Waals surface area contributed by atoms with E-state index < -0.39 is 16.9 Å². The fourth-order valence-electron chi connectivity index (χ4n) is 4.93. The van der Waals surface area contributed by atoms with Gasteiger partial charge in [0.2, 0.25) is 0 Å². The Morgan fingerprint density at radius 2 is 1.70 bits per heavy atom. The third-order valence-corrected chi connectivity index (χ3v) is 7.61. The van der Waals surface area contributed by atoms with Gasteiger partial charge in [-0.1, -0.05) is 45.9 Å². The van der Waals surface area contributed by atoms with E-state index in [1.807, 2.05) is 42.5 Å². The summed E-state index contributed by atoms with van der Waals surface area (Å²) in [6, 6.07) is 10.8. The van der Waals surface area contributed by atoms with Crippen molar-refractivity contribution in [3.63, 3.8) is 0 Å². The van der Waals surface area contributed by atoms with Crippen LogP contribution in [0.25, 0.3) is 0 Å². The third-order valence-electron chi connectivity index (χ3n) is 6.82. The molecule has 196 valence electrons. The molecule has 8 nitrogen and oxygen atoms in total. The number of likely N-dealkylation sites (N-methyl/N-ethyl adjacent to an activating group) is 1. The van der Waals surface area contributed by atoms with Crippen LogP contribution in [0.15, 0.2) is 77.5 Å². The SMILES string of the molecule is CCN1/C(=C/C=C/C=C/C2=Nc3ccc(OP(O)O)cc3C2(C)C)C(C)(C)c2cc(O[PH](=O)O)ccc21. The number of aliphatic imine (C=N–C) groups is 1. The van der Waals surface area contributed by atoms with Crippen LogP contribution < -0.4 is 13.9 Å². The van der Waals surface area contributed by atoms with E-state index in [2.05, 4.69) is 45.6 Å². The number of hydrogen-bond donors (Lipinski definition) is 3. The van der Waals surface area contributed by atoms with Gasteiger partial charge in [0.1, 0.15) is 11.5 Å². The molecule has 0 radical (unpaired) electrons. The van der Waals surface area contributed by atoms with Gasteiger partial charge in [0.15, 0.2) is 0 Å². The summed E-state index contributed by atoms with van der Waals surface area (Å²) in [5.41, 5.74) is 5.25. The number of hydrogen-bond acceptors (Lipinski definition) is 7. The van der Waals surface area contributed by atoms with Crippen molar-refractivity contribution in [1.82, 2.24) is 0 Å². The average Bonchev–Trinajstić information content (AvgIpc) is 3.19. The zero-order valence-corrected chi connectivity index (χ0v) is 23.4. The first-order chi connectivity index (χ1) is 17.4. The highest BCUT2D eigenvalue weighted by Crippen LogP contribution is 2.49. The topological polar surface area (TPSA) is 112 Å². The molecule has 2 aliphatic rings. The van der Waals surface area contributed by atoms with Gasteiger partial charge in [-0.15, -0.1) is 0 Å². The van der Waals surface area contributed by atoms with E-state index in [4.69, 9.17) is 28.7 Å². The van der Waals surface area contributed by atoms with E-state index in [1.165, 1.54) is 0 Å². The molecule has 0 aliphatic carbocycles. The lowest BCUT2D eigenvalue weighted by molar-refractivity contribution is 0.374. The Morgan fingerprint density at radius 1 is 1.00 bits per heavy atom. The Bertz CT molecular complexity index is 1340. The normalized spacial score (nSPS) is 19.5. The molecule has 1 atom stereocenters. The van der Waals surface area contributed by atoms with E-state index in [1.54, 1.807) is 18.2 Å². The van der Waals surface area contributed by atoms with Crippen molar-refractivity contribution in [2.45, 2.75) is 45.4 Å². The van der Waals surface area contributed by atoms with Crippen LogP contribution in [0.3, 0.4) is 0 Å². The summed E-state index contributed by atoms with van der Waals surface area (Å²) < 4.78 is 21.3. The van der Waals surface area contributed by atoms with Crippen LogP contribution in [-0.2, 0) is 15.4 Å². The summed E-state index contributed by atoms with van der Waals surface area (Å²) in [6.07, 6.45) is 9.99. The van der Waals surface area contributed by atoms with Gasteiger partial charge < -0.3 is 28.6 Å². The van der Waals surface area contributed by atoms with Gasteiger partial charge >= 0.3 is 16.9 Å². The highest BCUT2D eigenvalue weighted by atomic mass is 31.2. The van der Waals surface area contributed by atoms with Gasteiger partial charge in [0.25, 0.3) is 0 Å². The minimum absolute atomic E-state index is 0.313. The quantitative estimate of drug-likeness (QED) is 0.268. The van der Waals surface area contributed by atoms with Crippen LogP contribution in [0.4, 0.5) is 11.4 Å². The Hall–Kier alpha value is -2.73. The molecule has 2 aromatic carbocycles. The van der Waals surface area contributed by atoms with Gasteiger partial charge in [-0.2, -0.15) is 0 Å². The maximum atomic E-state index is 11.2. The maximum absolute atomic E-state index is 11.2. The van der Waals surface area contributed by atoms with Crippen molar-refractivity contribution in [2.75, 3.05) is 11.4 Å². The number of nitrogens with zero attached hydrogens (tertiary/aromatic N) is 2. The van der Waals surface area contributed by atoms with E-state index in [-0.39, 0.29) is 10.8 Å². The Kier molecular flexibility index (Phi) is 7.80. The fourth-order valence-corrected chi connectivity index (χ4v) is 5.57. The highest BCUT2D eigenvalue weighted by molar-refractivity contribution is 7.39. The number of allylic oxidation sites excluding steroid dienone is 6. The van der Waals surface area contributed by atoms with Crippen LogP contribution in [0.2, 0.25) is 0 Å². The number of anilines is 1. The molecule has 0 saturated heterocycles. The summed E-state index contributed by atoms with van der Waals surface area (Å²) in [4.78, 5) is 34.5. The van der Waals surface area contributed by atoms with Gasteiger partial charge in [-0.05, 0) is 66.6 Å². The summed E-state index contributed by atoms with van der Waals surface area (Å²) in [5.74, 6) is 0.794. The molecule has 4 rings (SSSR count). The first kappa shape index (κ1) is 27.3. The maximum Gasteiger partial charge on any atom is 0.391 e. The standard InChI is InChI=1S/C27H32N2O6P2/c1-6-29-23-15-13-19(35-37(32)33)17-21(23)27(4,5)25(29)11-9-7-8-10-24-26(2,3)20-16-18(34-36(30)31)12-14-22(20)28-24/h7-17,30-31,37H,6H2,1-5H3,(H,32,33)/b9-7+,10-8+,25-11+. The lowest BCUT2D eigenvalue weighted by Gasteiger charge is -2.25. The minimum Gasteiger partial charge on any atom is -0.427 e. The molecule has 0 fully saturated rings. The molecule has 2 aliphatic heterocycles. The highest BCUT2D eigenvalue weighted by Gasteiger charge is 2.39. The lowest BCUT2D eigenvalue weighted by Crippen LogP contribution is -2.25. The molecule has 0 amide bonds. The van der Waals surface area contributed by atoms with Crippen LogP contribution in [0.1, 0.15) is 45.7 Å². The van der Waals surface area contributed by atoms with Crippen molar-refractivity contribution >= 4 is 33.9 Å². The van der Waals surface area contributed by atoms with E-state index >= 15 is 0 Å². The number of rotatable bonds is 8. The molecular formula is C27H32N2O6P2. The molecule has 0 spiro atoms. The molecule has 2 heterocycles. The Morgan fingerprint density at radius 3 is 2.38 bits per heavy atom. The van der Waals surface area contributed by atoms with E-state index in [9.17, 15) is 4.57 Å². The van der Waals surface area contributed by atoms with Crippen LogP contribution in [0, 0.1) is 0 Å². The second kappa shape index (κ2) is 10.6. The first-order valence-corrected chi connectivity index (χ1v) is 14.4. The minimum atomic E-state index is -3.06. The summed E-state index contributed by atoms with van der Waals surface area (Å²) in [6.45, 7) is 11.3. The van der Waals surface area contributed by atoms with Crippen LogP contribution in [0.5, 0.6) is 11.5 Å². The summed E-state index contributed by atoms with van der Waals surface area (Å²) in [7, 11) is -5.54. The largest absolute Gasteiger partial charge is 0.427 e. The van der Waals surface area contributed by atoms with E-state index in [0.29, 0.717) is 11.5 Å². The van der Waals surface area contributed by atoms with Gasteiger partial charge in [0.05, 0.1) is 11.4 Å². The van der Waals surface area contributed by atoms with Gasteiger partial charge in [0, 0.05) is 28.8 Å². The molecule has 37 heavy (non-hydrogen) atoms. The van der Waals surface area contributed by atoms with Crippen LogP contribution in [-0.4, -0.2) is 26.9 Å². The Balaban J connectivity index is 1.53. The van der Waals surface area contributed by atoms with E-state index in [0.717, 1.165) is 40.5 Å². The lowest BCUT2D eigenvalue weighted by atomic mass is 9.81.